The van der Waals surface area contributed by atoms with Gasteiger partial charge in [-0.3, -0.25) is 4.79 Å². The topological polar surface area (TPSA) is 61.4 Å². The highest BCUT2D eigenvalue weighted by Gasteiger charge is 2.34. The van der Waals surface area contributed by atoms with Gasteiger partial charge in [-0.15, -0.1) is 0 Å². The molecule has 0 aliphatic carbocycles. The maximum absolute atomic E-state index is 12.8. The van der Waals surface area contributed by atoms with Crippen LogP contribution in [0.1, 0.15) is 32.1 Å². The molecule has 0 aromatic rings. The molecule has 1 amide bonds. The van der Waals surface area contributed by atoms with Crippen molar-refractivity contribution in [1.82, 2.24) is 10.6 Å². The number of halogens is 2. The number of nitrogens with one attached hydrogen (secondary N) is 2. The van der Waals surface area contributed by atoms with Crippen LogP contribution in [0, 0.1) is 5.92 Å². The Hall–Kier alpha value is -0.750. The molecule has 2 atom stereocenters. The molecule has 0 spiro atoms. The van der Waals surface area contributed by atoms with Crippen molar-refractivity contribution in [2.75, 3.05) is 13.2 Å². The third-order valence-corrected chi connectivity index (χ3v) is 3.82. The third kappa shape index (κ3) is 3.62. The number of piperidine rings is 1. The van der Waals surface area contributed by atoms with Crippen LogP contribution in [0.5, 0.6) is 0 Å². The zero-order valence-corrected chi connectivity index (χ0v) is 10.3. The number of aliphatic hydroxyl groups is 1. The minimum Gasteiger partial charge on any atom is -0.390 e. The summed E-state index contributed by atoms with van der Waals surface area (Å²) < 4.78 is 25.5. The van der Waals surface area contributed by atoms with Crippen molar-refractivity contribution >= 4 is 5.91 Å². The predicted octanol–water partition coefficient (Wildman–Crippen LogP) is 0.651. The van der Waals surface area contributed by atoms with Crippen LogP contribution < -0.4 is 10.6 Å². The maximum atomic E-state index is 12.8. The van der Waals surface area contributed by atoms with Gasteiger partial charge in [-0.25, -0.2) is 8.78 Å². The van der Waals surface area contributed by atoms with Gasteiger partial charge in [0.25, 0.3) is 5.92 Å². The highest BCUT2D eigenvalue weighted by atomic mass is 19.3. The minimum absolute atomic E-state index is 0.298. The van der Waals surface area contributed by atoms with Gasteiger partial charge in [0, 0.05) is 18.5 Å². The number of aliphatic hydroxyl groups excluding tert-OH is 1. The van der Waals surface area contributed by atoms with Gasteiger partial charge >= 0.3 is 0 Å². The average molecular weight is 262 g/mol. The standard InChI is InChI=1S/C12H20F2N2O2/c13-12(14,7-17)6-15-11(18)5-8-3-9-1-2-10(4-8)16-9/h8-10,16-17H,1-7H2,(H,15,18). The van der Waals surface area contributed by atoms with E-state index in [9.17, 15) is 13.6 Å². The van der Waals surface area contributed by atoms with Crippen molar-refractivity contribution in [1.29, 1.82) is 0 Å². The second-order valence-electron chi connectivity index (χ2n) is 5.47. The van der Waals surface area contributed by atoms with E-state index in [2.05, 4.69) is 10.6 Å². The van der Waals surface area contributed by atoms with Crippen molar-refractivity contribution in [2.24, 2.45) is 5.92 Å². The Bertz CT molecular complexity index is 300. The monoisotopic (exact) mass is 262 g/mol. The number of fused-ring (bicyclic) bond motifs is 2. The number of alkyl halides is 2. The first-order chi connectivity index (χ1) is 8.48. The lowest BCUT2D eigenvalue weighted by atomic mass is 9.89. The lowest BCUT2D eigenvalue weighted by Gasteiger charge is -2.28. The highest BCUT2D eigenvalue weighted by molar-refractivity contribution is 5.76. The molecule has 2 aliphatic rings. The van der Waals surface area contributed by atoms with Crippen LogP contribution in [-0.2, 0) is 4.79 Å². The Morgan fingerprint density at radius 2 is 1.94 bits per heavy atom. The molecule has 2 heterocycles. The van der Waals surface area contributed by atoms with Crippen LogP contribution in [0.2, 0.25) is 0 Å². The second-order valence-corrected chi connectivity index (χ2v) is 5.47. The van der Waals surface area contributed by atoms with Crippen LogP contribution in [-0.4, -0.2) is 42.2 Å². The summed E-state index contributed by atoms with van der Waals surface area (Å²) in [5.41, 5.74) is 0. The Balaban J connectivity index is 1.71. The van der Waals surface area contributed by atoms with E-state index < -0.39 is 19.1 Å². The Labute approximate surface area is 105 Å². The Morgan fingerprint density at radius 1 is 1.33 bits per heavy atom. The summed E-state index contributed by atoms with van der Waals surface area (Å²) in [5, 5.41) is 14.1. The van der Waals surface area contributed by atoms with Gasteiger partial charge in [0.1, 0.15) is 6.61 Å². The lowest BCUT2D eigenvalue weighted by Crippen LogP contribution is -2.42. The van der Waals surface area contributed by atoms with Crippen molar-refractivity contribution in [3.63, 3.8) is 0 Å². The van der Waals surface area contributed by atoms with Crippen LogP contribution in [0.4, 0.5) is 8.78 Å². The van der Waals surface area contributed by atoms with Crippen LogP contribution in [0.25, 0.3) is 0 Å². The normalized spacial score (nSPS) is 31.4. The van der Waals surface area contributed by atoms with E-state index in [1.165, 1.54) is 0 Å². The van der Waals surface area contributed by atoms with E-state index in [1.807, 2.05) is 0 Å². The molecular weight excluding hydrogens is 242 g/mol. The molecule has 104 valence electrons. The van der Waals surface area contributed by atoms with Crippen LogP contribution in [0.3, 0.4) is 0 Å². The summed E-state index contributed by atoms with van der Waals surface area (Å²) in [6, 6.07) is 1.00. The molecule has 18 heavy (non-hydrogen) atoms. The van der Waals surface area contributed by atoms with Gasteiger partial charge in [-0.2, -0.15) is 0 Å². The number of hydrogen-bond donors (Lipinski definition) is 3. The largest absolute Gasteiger partial charge is 0.390 e. The highest BCUT2D eigenvalue weighted by Crippen LogP contribution is 2.32. The van der Waals surface area contributed by atoms with Crippen molar-refractivity contribution in [3.05, 3.63) is 0 Å². The maximum Gasteiger partial charge on any atom is 0.287 e. The number of carbonyl (C=O) groups excluding carboxylic acids is 1. The van der Waals surface area contributed by atoms with Gasteiger partial charge in [0.2, 0.25) is 5.91 Å². The summed E-state index contributed by atoms with van der Waals surface area (Å²) >= 11 is 0. The summed E-state index contributed by atoms with van der Waals surface area (Å²) in [6.45, 7) is -2.01. The fraction of sp³-hybridized carbons (Fsp3) is 0.917. The molecule has 3 N–H and O–H groups in total. The summed E-state index contributed by atoms with van der Waals surface area (Å²) in [7, 11) is 0. The van der Waals surface area contributed by atoms with Gasteiger partial charge in [0.05, 0.1) is 6.54 Å². The lowest BCUT2D eigenvalue weighted by molar-refractivity contribution is -0.125. The van der Waals surface area contributed by atoms with E-state index in [1.54, 1.807) is 0 Å². The molecule has 4 nitrogen and oxygen atoms in total. The first-order valence-electron chi connectivity index (χ1n) is 6.50. The molecule has 2 bridgehead atoms. The molecule has 0 aromatic carbocycles. The summed E-state index contributed by atoms with van der Waals surface area (Å²) in [5.74, 6) is -3.26. The van der Waals surface area contributed by atoms with Crippen LogP contribution >= 0.6 is 0 Å². The summed E-state index contributed by atoms with van der Waals surface area (Å²) in [6.07, 6.45) is 4.55. The van der Waals surface area contributed by atoms with Gasteiger partial charge in [-0.05, 0) is 31.6 Å². The number of carbonyl (C=O) groups is 1. The first-order valence-corrected chi connectivity index (χ1v) is 6.50. The first kappa shape index (κ1) is 13.7. The van der Waals surface area contributed by atoms with Crippen molar-refractivity contribution in [3.8, 4) is 0 Å². The molecule has 0 aromatic heterocycles. The molecular formula is C12H20F2N2O2. The van der Waals surface area contributed by atoms with Crippen LogP contribution in [0.15, 0.2) is 0 Å². The molecule has 2 unspecified atom stereocenters. The quantitative estimate of drug-likeness (QED) is 0.682. The zero-order chi connectivity index (χ0) is 13.2. The average Bonchev–Trinajstić information content (AvgIpc) is 2.66. The Kier molecular flexibility index (Phi) is 4.17. The zero-order valence-electron chi connectivity index (χ0n) is 10.3. The predicted molar refractivity (Wildman–Crippen MR) is 62.3 cm³/mol. The van der Waals surface area contributed by atoms with Gasteiger partial charge in [-0.1, -0.05) is 0 Å². The molecule has 2 rings (SSSR count). The molecule has 0 radical (unpaired) electrons. The van der Waals surface area contributed by atoms with Crippen molar-refractivity contribution in [2.45, 2.75) is 50.1 Å². The fourth-order valence-corrected chi connectivity index (χ4v) is 2.96. The number of hydrogen-bond acceptors (Lipinski definition) is 3. The van der Waals surface area contributed by atoms with E-state index in [0.29, 0.717) is 24.4 Å². The van der Waals surface area contributed by atoms with Gasteiger partial charge < -0.3 is 15.7 Å². The smallest absolute Gasteiger partial charge is 0.287 e. The van der Waals surface area contributed by atoms with E-state index in [4.69, 9.17) is 5.11 Å². The molecule has 0 saturated carbocycles. The molecule has 2 aliphatic heterocycles. The molecule has 2 fully saturated rings. The summed E-state index contributed by atoms with van der Waals surface area (Å²) in [4.78, 5) is 11.6. The minimum atomic E-state index is -3.22. The van der Waals surface area contributed by atoms with Gasteiger partial charge in [0.15, 0.2) is 0 Å². The number of rotatable bonds is 5. The third-order valence-electron chi connectivity index (χ3n) is 3.82. The van der Waals surface area contributed by atoms with E-state index in [-0.39, 0.29) is 5.91 Å². The van der Waals surface area contributed by atoms with Crippen molar-refractivity contribution < 1.29 is 18.7 Å². The second kappa shape index (κ2) is 5.48. The molecule has 6 heteroatoms. The fourth-order valence-electron chi connectivity index (χ4n) is 2.96. The molecule has 2 saturated heterocycles. The van der Waals surface area contributed by atoms with E-state index >= 15 is 0 Å². The SMILES string of the molecule is O=C(CC1CC2CCC(C1)N2)NCC(F)(F)CO. The van der Waals surface area contributed by atoms with E-state index in [0.717, 1.165) is 25.7 Å². The number of amides is 1. The Morgan fingerprint density at radius 3 is 2.50 bits per heavy atom.